The molecule has 0 bridgehead atoms. The summed E-state index contributed by atoms with van der Waals surface area (Å²) < 4.78 is 0. The third-order valence-electron chi connectivity index (χ3n) is 4.15. The summed E-state index contributed by atoms with van der Waals surface area (Å²) in [5.74, 6) is 0.650. The number of aromatic nitrogens is 4. The number of benzene rings is 1. The number of rotatable bonds is 5. The summed E-state index contributed by atoms with van der Waals surface area (Å²) in [6.45, 7) is 4.44. The molecule has 0 saturated carbocycles. The predicted molar refractivity (Wildman–Crippen MR) is 93.7 cm³/mol. The first-order valence-electron chi connectivity index (χ1n) is 8.26. The van der Waals surface area contributed by atoms with Gasteiger partial charge in [0.15, 0.2) is 0 Å². The van der Waals surface area contributed by atoms with E-state index in [0.29, 0.717) is 5.82 Å². The highest BCUT2D eigenvalue weighted by Crippen LogP contribution is 2.32. The van der Waals surface area contributed by atoms with Gasteiger partial charge in [-0.3, -0.25) is 0 Å². The first-order chi connectivity index (χ1) is 11.3. The Labute approximate surface area is 137 Å². The maximum Gasteiger partial charge on any atom is 0.204 e. The predicted octanol–water partition coefficient (Wildman–Crippen LogP) is 4.14. The minimum atomic E-state index is 0.650. The molecule has 3 rings (SSSR count). The third kappa shape index (κ3) is 3.31. The zero-order valence-corrected chi connectivity index (χ0v) is 13.7. The number of hydrogen-bond acceptors (Lipinski definition) is 3. The molecule has 0 saturated heterocycles. The van der Waals surface area contributed by atoms with Crippen LogP contribution in [0.4, 0.5) is 0 Å². The van der Waals surface area contributed by atoms with Crippen molar-refractivity contribution in [1.82, 2.24) is 20.6 Å². The number of hydrogen-bond donors (Lipinski definition) is 1. The summed E-state index contributed by atoms with van der Waals surface area (Å²) in [7, 11) is 0. The van der Waals surface area contributed by atoms with Crippen molar-refractivity contribution in [2.45, 2.75) is 39.5 Å². The Morgan fingerprint density at radius 2 is 2.04 bits per heavy atom. The van der Waals surface area contributed by atoms with Crippen LogP contribution in [0.5, 0.6) is 0 Å². The SMILES string of the molecule is CCCc1cc(C2=CC=CCC=C2c2nn[nH]n2)ccc1CC. The van der Waals surface area contributed by atoms with Crippen LogP contribution >= 0.6 is 0 Å². The number of nitrogens with zero attached hydrogens (tertiary/aromatic N) is 3. The fourth-order valence-electron chi connectivity index (χ4n) is 3.01. The van der Waals surface area contributed by atoms with Crippen molar-refractivity contribution in [2.75, 3.05) is 0 Å². The zero-order valence-electron chi connectivity index (χ0n) is 13.7. The Balaban J connectivity index is 2.06. The van der Waals surface area contributed by atoms with Crippen LogP contribution in [0, 0.1) is 0 Å². The van der Waals surface area contributed by atoms with Gasteiger partial charge in [-0.05, 0) is 46.7 Å². The number of tetrazole rings is 1. The van der Waals surface area contributed by atoms with Crippen molar-refractivity contribution in [3.05, 3.63) is 65.0 Å². The number of nitrogens with one attached hydrogen (secondary N) is 1. The summed E-state index contributed by atoms with van der Waals surface area (Å²) in [6.07, 6.45) is 12.8. The smallest absolute Gasteiger partial charge is 0.177 e. The van der Waals surface area contributed by atoms with Gasteiger partial charge >= 0.3 is 0 Å². The van der Waals surface area contributed by atoms with E-state index >= 15 is 0 Å². The van der Waals surface area contributed by atoms with Crippen LogP contribution in [0.25, 0.3) is 11.1 Å². The van der Waals surface area contributed by atoms with Gasteiger partial charge in [-0.15, -0.1) is 10.2 Å². The standard InChI is InChI=1S/C19H22N4/c1-3-8-15-13-16(12-11-14(15)4-2)17-9-6-5-7-10-18(17)19-20-22-23-21-19/h5-6,9-13H,3-4,7-8H2,1-2H3,(H,20,21,22,23). The normalized spacial score (nSPS) is 14.3. The molecule has 0 atom stereocenters. The molecule has 1 aromatic carbocycles. The summed E-state index contributed by atoms with van der Waals surface area (Å²) in [6, 6.07) is 6.78. The van der Waals surface area contributed by atoms with E-state index in [-0.39, 0.29) is 0 Å². The molecule has 1 aliphatic rings. The van der Waals surface area contributed by atoms with Gasteiger partial charge in [-0.1, -0.05) is 62.8 Å². The molecule has 1 N–H and O–H groups in total. The number of aromatic amines is 1. The lowest BCUT2D eigenvalue weighted by Gasteiger charge is -2.13. The molecule has 4 nitrogen and oxygen atoms in total. The van der Waals surface area contributed by atoms with E-state index < -0.39 is 0 Å². The minimum absolute atomic E-state index is 0.650. The number of aryl methyl sites for hydroxylation is 2. The van der Waals surface area contributed by atoms with Crippen LogP contribution in [-0.4, -0.2) is 20.6 Å². The number of H-pyrrole nitrogens is 1. The highest BCUT2D eigenvalue weighted by atomic mass is 15.5. The molecule has 1 heterocycles. The average molecular weight is 306 g/mol. The van der Waals surface area contributed by atoms with E-state index in [1.165, 1.54) is 16.7 Å². The van der Waals surface area contributed by atoms with Crippen LogP contribution in [0.3, 0.4) is 0 Å². The summed E-state index contributed by atoms with van der Waals surface area (Å²) in [4.78, 5) is 0. The molecule has 0 amide bonds. The van der Waals surface area contributed by atoms with Crippen LogP contribution in [0.2, 0.25) is 0 Å². The van der Waals surface area contributed by atoms with Gasteiger partial charge in [0, 0.05) is 5.57 Å². The second-order valence-electron chi connectivity index (χ2n) is 5.68. The molecule has 0 radical (unpaired) electrons. The topological polar surface area (TPSA) is 54.5 Å². The Morgan fingerprint density at radius 1 is 1.13 bits per heavy atom. The summed E-state index contributed by atoms with van der Waals surface area (Å²) >= 11 is 0. The maximum atomic E-state index is 4.17. The molecule has 0 fully saturated rings. The second-order valence-corrected chi connectivity index (χ2v) is 5.68. The Kier molecular flexibility index (Phi) is 4.81. The molecule has 0 aliphatic heterocycles. The van der Waals surface area contributed by atoms with Crippen molar-refractivity contribution in [3.63, 3.8) is 0 Å². The van der Waals surface area contributed by atoms with Crippen molar-refractivity contribution >= 4 is 11.1 Å². The molecule has 2 aromatic rings. The van der Waals surface area contributed by atoms with E-state index in [4.69, 9.17) is 0 Å². The molecular formula is C19H22N4. The van der Waals surface area contributed by atoms with E-state index in [1.807, 2.05) is 0 Å². The molecule has 118 valence electrons. The van der Waals surface area contributed by atoms with Crippen LogP contribution in [0.15, 0.2) is 42.5 Å². The van der Waals surface area contributed by atoms with Crippen LogP contribution < -0.4 is 0 Å². The molecule has 4 heteroatoms. The molecule has 0 unspecified atom stereocenters. The van der Waals surface area contributed by atoms with Gasteiger partial charge < -0.3 is 0 Å². The molecule has 1 aromatic heterocycles. The fourth-order valence-corrected chi connectivity index (χ4v) is 3.01. The first-order valence-corrected chi connectivity index (χ1v) is 8.26. The summed E-state index contributed by atoms with van der Waals surface area (Å²) in [5, 5.41) is 14.6. The van der Waals surface area contributed by atoms with Crippen molar-refractivity contribution < 1.29 is 0 Å². The lowest BCUT2D eigenvalue weighted by atomic mass is 9.91. The van der Waals surface area contributed by atoms with Gasteiger partial charge in [0.1, 0.15) is 0 Å². The van der Waals surface area contributed by atoms with Crippen molar-refractivity contribution in [3.8, 4) is 0 Å². The van der Waals surface area contributed by atoms with Gasteiger partial charge in [0.05, 0.1) is 0 Å². The average Bonchev–Trinajstić information content (AvgIpc) is 2.99. The van der Waals surface area contributed by atoms with Crippen LogP contribution in [-0.2, 0) is 12.8 Å². The van der Waals surface area contributed by atoms with Crippen molar-refractivity contribution in [1.29, 1.82) is 0 Å². The van der Waals surface area contributed by atoms with Crippen molar-refractivity contribution in [2.24, 2.45) is 0 Å². The third-order valence-corrected chi connectivity index (χ3v) is 4.15. The highest BCUT2D eigenvalue weighted by Gasteiger charge is 2.16. The number of allylic oxidation sites excluding steroid dienone is 6. The first kappa shape index (κ1) is 15.4. The lowest BCUT2D eigenvalue weighted by molar-refractivity contribution is 0.881. The summed E-state index contributed by atoms with van der Waals surface area (Å²) in [5.41, 5.74) is 6.28. The Bertz CT molecular complexity index is 752. The fraction of sp³-hybridized carbons (Fsp3) is 0.316. The van der Waals surface area contributed by atoms with Gasteiger partial charge in [0.2, 0.25) is 5.82 Å². The lowest BCUT2D eigenvalue weighted by Crippen LogP contribution is -1.98. The zero-order chi connectivity index (χ0) is 16.1. The highest BCUT2D eigenvalue weighted by molar-refractivity contribution is 6.04. The van der Waals surface area contributed by atoms with Crippen LogP contribution in [0.1, 0.15) is 49.2 Å². The Morgan fingerprint density at radius 3 is 2.78 bits per heavy atom. The Hall–Kier alpha value is -2.49. The second kappa shape index (κ2) is 7.18. The van der Waals surface area contributed by atoms with Gasteiger partial charge in [-0.25, -0.2) is 0 Å². The molecular weight excluding hydrogens is 284 g/mol. The monoisotopic (exact) mass is 306 g/mol. The van der Waals surface area contributed by atoms with Gasteiger partial charge in [0.25, 0.3) is 0 Å². The largest absolute Gasteiger partial charge is 0.204 e. The van der Waals surface area contributed by atoms with E-state index in [2.05, 4.69) is 77.0 Å². The maximum absolute atomic E-state index is 4.17. The van der Waals surface area contributed by atoms with E-state index in [0.717, 1.165) is 36.8 Å². The van der Waals surface area contributed by atoms with E-state index in [9.17, 15) is 0 Å². The molecule has 1 aliphatic carbocycles. The minimum Gasteiger partial charge on any atom is -0.177 e. The van der Waals surface area contributed by atoms with E-state index in [1.54, 1.807) is 0 Å². The quantitative estimate of drug-likeness (QED) is 0.903. The van der Waals surface area contributed by atoms with Gasteiger partial charge in [-0.2, -0.15) is 5.21 Å². The molecule has 23 heavy (non-hydrogen) atoms. The molecule has 0 spiro atoms.